The van der Waals surface area contributed by atoms with Crippen molar-refractivity contribution in [3.8, 4) is 0 Å². The van der Waals surface area contributed by atoms with Gasteiger partial charge in [0.15, 0.2) is 0 Å². The highest BCUT2D eigenvalue weighted by molar-refractivity contribution is 6.30. The van der Waals surface area contributed by atoms with Crippen molar-refractivity contribution in [2.75, 3.05) is 4.90 Å². The Morgan fingerprint density at radius 3 is 2.64 bits per heavy atom. The summed E-state index contributed by atoms with van der Waals surface area (Å²) in [4.78, 5) is 14.6. The van der Waals surface area contributed by atoms with E-state index in [-0.39, 0.29) is 11.4 Å². The lowest BCUT2D eigenvalue weighted by atomic mass is 9.87. The van der Waals surface area contributed by atoms with Gasteiger partial charge in [-0.15, -0.1) is 0 Å². The second kappa shape index (κ2) is 7.80. The van der Waals surface area contributed by atoms with Gasteiger partial charge in [0.25, 0.3) is 5.91 Å². The van der Waals surface area contributed by atoms with Gasteiger partial charge >= 0.3 is 0 Å². The molecule has 3 rings (SSSR count). The van der Waals surface area contributed by atoms with Crippen molar-refractivity contribution in [2.45, 2.75) is 46.2 Å². The molecular weight excluding hydrogens is 370 g/mol. The normalized spacial score (nSPS) is 15.5. The SMILES string of the molecule is CC1=CC(C)(C)N(C(C)C)c2ccc(/C=N\NC(=O)c3cccc(Cl)c3)cc21. The summed E-state index contributed by atoms with van der Waals surface area (Å²) in [5.41, 5.74) is 7.58. The van der Waals surface area contributed by atoms with Crippen LogP contribution < -0.4 is 10.3 Å². The number of rotatable bonds is 4. The molecule has 0 unspecified atom stereocenters. The first-order valence-corrected chi connectivity index (χ1v) is 9.79. The van der Waals surface area contributed by atoms with Crippen molar-refractivity contribution in [3.05, 3.63) is 70.3 Å². The topological polar surface area (TPSA) is 44.7 Å². The number of carbonyl (C=O) groups excluding carboxylic acids is 1. The summed E-state index contributed by atoms with van der Waals surface area (Å²) in [7, 11) is 0. The predicted octanol–water partition coefficient (Wildman–Crippen LogP) is 5.51. The quantitative estimate of drug-likeness (QED) is 0.547. The standard InChI is InChI=1S/C23H26ClN3O/c1-15(2)27-21-10-9-17(11-20(21)16(3)13-23(27,4)5)14-25-26-22(28)18-7-6-8-19(24)12-18/h6-15H,1-5H3,(H,26,28)/b25-14-. The summed E-state index contributed by atoms with van der Waals surface area (Å²) in [6, 6.07) is 13.4. The van der Waals surface area contributed by atoms with Crippen LogP contribution in [0.5, 0.6) is 0 Å². The highest BCUT2D eigenvalue weighted by Gasteiger charge is 2.32. The second-order valence-corrected chi connectivity index (χ2v) is 8.37. The molecule has 0 bridgehead atoms. The number of anilines is 1. The third-order valence-electron chi connectivity index (χ3n) is 4.88. The number of carbonyl (C=O) groups is 1. The van der Waals surface area contributed by atoms with E-state index in [0.29, 0.717) is 16.6 Å². The molecule has 0 saturated heterocycles. The van der Waals surface area contributed by atoms with E-state index in [9.17, 15) is 4.79 Å². The maximum atomic E-state index is 12.2. The Morgan fingerprint density at radius 2 is 1.96 bits per heavy atom. The third-order valence-corrected chi connectivity index (χ3v) is 5.11. The molecule has 0 saturated carbocycles. The van der Waals surface area contributed by atoms with Crippen LogP contribution in [0.3, 0.4) is 0 Å². The zero-order valence-corrected chi connectivity index (χ0v) is 17.7. The Bertz CT molecular complexity index is 960. The molecule has 28 heavy (non-hydrogen) atoms. The summed E-state index contributed by atoms with van der Waals surface area (Å²) in [6.45, 7) is 11.0. The Hall–Kier alpha value is -2.59. The Balaban J connectivity index is 1.81. The smallest absolute Gasteiger partial charge is 0.271 e. The summed E-state index contributed by atoms with van der Waals surface area (Å²) < 4.78 is 0. The highest BCUT2D eigenvalue weighted by Crippen LogP contribution is 2.40. The lowest BCUT2D eigenvalue weighted by Crippen LogP contribution is -2.49. The molecule has 1 N–H and O–H groups in total. The molecule has 2 aromatic rings. The lowest BCUT2D eigenvalue weighted by Gasteiger charge is -2.46. The number of nitrogens with zero attached hydrogens (tertiary/aromatic N) is 2. The minimum Gasteiger partial charge on any atom is -0.360 e. The zero-order chi connectivity index (χ0) is 20.5. The zero-order valence-electron chi connectivity index (χ0n) is 17.0. The lowest BCUT2D eigenvalue weighted by molar-refractivity contribution is 0.0955. The number of hydrogen-bond acceptors (Lipinski definition) is 3. The summed E-state index contributed by atoms with van der Waals surface area (Å²) in [5, 5.41) is 4.62. The Kier molecular flexibility index (Phi) is 5.61. The molecule has 146 valence electrons. The van der Waals surface area contributed by atoms with Crippen LogP contribution in [0.1, 0.15) is 56.1 Å². The third kappa shape index (κ3) is 4.12. The van der Waals surface area contributed by atoms with Gasteiger partial charge in [0.1, 0.15) is 0 Å². The fraction of sp³-hybridized carbons (Fsp3) is 0.304. The molecule has 5 heteroatoms. The number of nitrogens with one attached hydrogen (secondary N) is 1. The first-order chi connectivity index (χ1) is 13.2. The fourth-order valence-electron chi connectivity index (χ4n) is 3.95. The molecule has 1 heterocycles. The molecule has 1 aliphatic rings. The van der Waals surface area contributed by atoms with Crippen molar-refractivity contribution in [1.82, 2.24) is 5.43 Å². The van der Waals surface area contributed by atoms with Gasteiger partial charge in [-0.05, 0) is 76.1 Å². The monoisotopic (exact) mass is 395 g/mol. The van der Waals surface area contributed by atoms with E-state index in [1.165, 1.54) is 16.8 Å². The van der Waals surface area contributed by atoms with Crippen LogP contribution in [0, 0.1) is 0 Å². The van der Waals surface area contributed by atoms with Gasteiger partial charge in [-0.1, -0.05) is 29.8 Å². The van der Waals surface area contributed by atoms with Gasteiger partial charge in [0.2, 0.25) is 0 Å². The number of halogens is 1. The average Bonchev–Trinajstić information content (AvgIpc) is 2.61. The number of fused-ring (bicyclic) bond motifs is 1. The van der Waals surface area contributed by atoms with E-state index in [0.717, 1.165) is 5.56 Å². The molecule has 0 aromatic heterocycles. The van der Waals surface area contributed by atoms with E-state index >= 15 is 0 Å². The fourth-order valence-corrected chi connectivity index (χ4v) is 4.14. The summed E-state index contributed by atoms with van der Waals surface area (Å²) in [6.07, 6.45) is 3.96. The van der Waals surface area contributed by atoms with Crippen LogP contribution >= 0.6 is 11.6 Å². The Labute approximate surface area is 171 Å². The number of amides is 1. The number of benzene rings is 2. The molecule has 1 aliphatic heterocycles. The minimum absolute atomic E-state index is 0.0359. The molecule has 0 radical (unpaired) electrons. The van der Waals surface area contributed by atoms with Crippen LogP contribution in [0.25, 0.3) is 5.57 Å². The molecule has 0 spiro atoms. The van der Waals surface area contributed by atoms with E-state index in [2.05, 4.69) is 68.3 Å². The molecular formula is C23H26ClN3O. The molecule has 4 nitrogen and oxygen atoms in total. The number of hydrazone groups is 1. The van der Waals surface area contributed by atoms with Crippen LogP contribution in [-0.2, 0) is 0 Å². The van der Waals surface area contributed by atoms with E-state index in [1.54, 1.807) is 30.5 Å². The number of hydrogen-bond donors (Lipinski definition) is 1. The van der Waals surface area contributed by atoms with Crippen molar-refractivity contribution in [3.63, 3.8) is 0 Å². The number of allylic oxidation sites excluding steroid dienone is 1. The van der Waals surface area contributed by atoms with Crippen LogP contribution in [-0.4, -0.2) is 23.7 Å². The van der Waals surface area contributed by atoms with Gasteiger partial charge in [0, 0.05) is 27.9 Å². The van der Waals surface area contributed by atoms with E-state index in [1.807, 2.05) is 6.07 Å². The van der Waals surface area contributed by atoms with Crippen LogP contribution in [0.4, 0.5) is 5.69 Å². The van der Waals surface area contributed by atoms with Crippen molar-refractivity contribution >= 4 is 35.0 Å². The van der Waals surface area contributed by atoms with Gasteiger partial charge in [0.05, 0.1) is 11.8 Å². The van der Waals surface area contributed by atoms with Gasteiger partial charge in [-0.2, -0.15) is 5.10 Å². The van der Waals surface area contributed by atoms with Crippen molar-refractivity contribution in [2.24, 2.45) is 5.10 Å². The first kappa shape index (κ1) is 20.2. The Morgan fingerprint density at radius 1 is 1.21 bits per heavy atom. The summed E-state index contributed by atoms with van der Waals surface area (Å²) in [5.74, 6) is -0.291. The van der Waals surface area contributed by atoms with Gasteiger partial charge in [-0.25, -0.2) is 5.43 Å². The second-order valence-electron chi connectivity index (χ2n) is 7.93. The maximum absolute atomic E-state index is 12.2. The van der Waals surface area contributed by atoms with Crippen molar-refractivity contribution in [1.29, 1.82) is 0 Å². The first-order valence-electron chi connectivity index (χ1n) is 9.41. The van der Waals surface area contributed by atoms with Gasteiger partial charge < -0.3 is 4.90 Å². The summed E-state index contributed by atoms with van der Waals surface area (Å²) >= 11 is 5.93. The predicted molar refractivity (Wildman–Crippen MR) is 118 cm³/mol. The molecule has 2 aromatic carbocycles. The molecule has 0 fully saturated rings. The largest absolute Gasteiger partial charge is 0.360 e. The van der Waals surface area contributed by atoms with Crippen molar-refractivity contribution < 1.29 is 4.79 Å². The molecule has 0 atom stereocenters. The average molecular weight is 396 g/mol. The highest BCUT2D eigenvalue weighted by atomic mass is 35.5. The van der Waals surface area contributed by atoms with Gasteiger partial charge in [-0.3, -0.25) is 4.79 Å². The maximum Gasteiger partial charge on any atom is 0.271 e. The van der Waals surface area contributed by atoms with E-state index < -0.39 is 0 Å². The van der Waals surface area contributed by atoms with E-state index in [4.69, 9.17) is 11.6 Å². The minimum atomic E-state index is -0.291. The van der Waals surface area contributed by atoms with Crippen LogP contribution in [0.15, 0.2) is 53.6 Å². The molecule has 1 amide bonds. The van der Waals surface area contributed by atoms with Crippen LogP contribution in [0.2, 0.25) is 5.02 Å². The molecule has 0 aliphatic carbocycles.